The first-order valence-corrected chi connectivity index (χ1v) is 22.0. The molecule has 0 heteroatoms. The van der Waals surface area contributed by atoms with Crippen LogP contribution in [0.1, 0.15) is 23.1 Å². The van der Waals surface area contributed by atoms with Gasteiger partial charge in [-0.05, 0) is 184 Å². The minimum atomic E-state index is 1.00. The summed E-state index contributed by atoms with van der Waals surface area (Å²) in [7, 11) is 0. The highest BCUT2D eigenvalue weighted by molar-refractivity contribution is 6.46. The second-order valence-corrected chi connectivity index (χ2v) is 17.7. The van der Waals surface area contributed by atoms with E-state index in [0.717, 1.165) is 12.8 Å². The average Bonchev–Trinajstić information content (AvgIpc) is 3.84. The molecule has 0 aliphatic heterocycles. The van der Waals surface area contributed by atoms with Gasteiger partial charge in [0.05, 0.1) is 0 Å². The molecule has 0 saturated heterocycles. The molecule has 0 N–H and O–H groups in total. The number of hydrogen-bond donors (Lipinski definition) is 0. The molecule has 0 saturated carbocycles. The monoisotopic (exact) mass is 780 g/mol. The van der Waals surface area contributed by atoms with Gasteiger partial charge in [0.2, 0.25) is 0 Å². The van der Waals surface area contributed by atoms with Crippen LogP contribution in [-0.4, -0.2) is 0 Å². The van der Waals surface area contributed by atoms with Crippen molar-refractivity contribution in [1.29, 1.82) is 0 Å². The van der Waals surface area contributed by atoms with Crippen LogP contribution in [-0.2, 0) is 6.42 Å². The van der Waals surface area contributed by atoms with Gasteiger partial charge in [0, 0.05) is 0 Å². The first-order chi connectivity index (χ1) is 30.8. The molecule has 13 aromatic carbocycles. The Balaban J connectivity index is 1.12. The average molecular weight is 781 g/mol. The lowest BCUT2D eigenvalue weighted by Crippen LogP contribution is -2.03. The number of rotatable bonds is 3. The lowest BCUT2D eigenvalue weighted by atomic mass is 9.80. The van der Waals surface area contributed by atoms with Crippen LogP contribution in [0.4, 0.5) is 0 Å². The Kier molecular flexibility index (Phi) is 6.35. The van der Waals surface area contributed by atoms with Gasteiger partial charge in [-0.25, -0.2) is 0 Å². The van der Waals surface area contributed by atoms with E-state index in [-0.39, 0.29) is 0 Å². The van der Waals surface area contributed by atoms with Gasteiger partial charge in [0.15, 0.2) is 0 Å². The Morgan fingerprint density at radius 2 is 0.968 bits per heavy atom. The minimum Gasteiger partial charge on any atom is -0.0795 e. The van der Waals surface area contributed by atoms with Crippen molar-refractivity contribution in [2.45, 2.75) is 12.8 Å². The van der Waals surface area contributed by atoms with Crippen molar-refractivity contribution in [2.75, 3.05) is 0 Å². The van der Waals surface area contributed by atoms with Crippen LogP contribution in [0.3, 0.4) is 0 Å². The summed E-state index contributed by atoms with van der Waals surface area (Å²) in [5, 5.41) is 24.0. The van der Waals surface area contributed by atoms with Gasteiger partial charge in [-0.15, -0.1) is 0 Å². The van der Waals surface area contributed by atoms with E-state index >= 15 is 0 Å². The first kappa shape index (κ1) is 33.0. The number of allylic oxidation sites excluding steroid dienone is 3. The summed E-state index contributed by atoms with van der Waals surface area (Å²) in [4.78, 5) is 0. The molecule has 0 nitrogen and oxygen atoms in total. The van der Waals surface area contributed by atoms with Crippen molar-refractivity contribution >= 4 is 109 Å². The zero-order chi connectivity index (χ0) is 40.2. The maximum Gasteiger partial charge on any atom is -0.000697 e. The van der Waals surface area contributed by atoms with Crippen molar-refractivity contribution in [3.8, 4) is 33.4 Å². The molecule has 0 fully saturated rings. The molecule has 0 spiro atoms. The lowest BCUT2D eigenvalue weighted by Gasteiger charge is -2.24. The van der Waals surface area contributed by atoms with Crippen molar-refractivity contribution in [2.24, 2.45) is 0 Å². The highest BCUT2D eigenvalue weighted by Crippen LogP contribution is 2.55. The smallest absolute Gasteiger partial charge is 0.000697 e. The molecule has 0 unspecified atom stereocenters. The van der Waals surface area contributed by atoms with Crippen molar-refractivity contribution in [3.63, 3.8) is 0 Å². The fourth-order valence-electron chi connectivity index (χ4n) is 12.2. The van der Waals surface area contributed by atoms with E-state index in [1.807, 2.05) is 0 Å². The van der Waals surface area contributed by atoms with Gasteiger partial charge in [-0.3, -0.25) is 0 Å². The van der Waals surface area contributed by atoms with Gasteiger partial charge in [0.25, 0.3) is 0 Å². The van der Waals surface area contributed by atoms with Crippen molar-refractivity contribution in [1.82, 2.24) is 0 Å². The number of benzene rings is 11. The predicted molar refractivity (Wildman–Crippen MR) is 268 cm³/mol. The van der Waals surface area contributed by atoms with Crippen LogP contribution in [0.25, 0.3) is 142 Å². The van der Waals surface area contributed by atoms with E-state index in [1.165, 1.54) is 153 Å². The molecule has 15 rings (SSSR count). The second-order valence-electron chi connectivity index (χ2n) is 17.7. The molecular weight excluding hydrogens is 745 g/mol. The fourth-order valence-corrected chi connectivity index (χ4v) is 12.2. The van der Waals surface area contributed by atoms with E-state index < -0.39 is 0 Å². The Labute approximate surface area is 357 Å². The zero-order valence-corrected chi connectivity index (χ0v) is 33.9. The van der Waals surface area contributed by atoms with Crippen LogP contribution in [0.2, 0.25) is 0 Å². The van der Waals surface area contributed by atoms with Crippen LogP contribution in [0.15, 0.2) is 188 Å². The van der Waals surface area contributed by atoms with Gasteiger partial charge < -0.3 is 0 Å². The maximum atomic E-state index is 2.54. The Morgan fingerprint density at radius 3 is 1.77 bits per heavy atom. The number of hydrogen-bond acceptors (Lipinski definition) is 0. The summed E-state index contributed by atoms with van der Waals surface area (Å²) < 4.78 is 0. The molecule has 0 aromatic heterocycles. The molecule has 0 atom stereocenters. The van der Waals surface area contributed by atoms with Crippen molar-refractivity contribution in [3.05, 3.63) is 205 Å². The van der Waals surface area contributed by atoms with Gasteiger partial charge in [0.1, 0.15) is 0 Å². The lowest BCUT2D eigenvalue weighted by molar-refractivity contribution is 1.23. The van der Waals surface area contributed by atoms with Crippen LogP contribution < -0.4 is 0 Å². The van der Waals surface area contributed by atoms with Gasteiger partial charge >= 0.3 is 0 Å². The minimum absolute atomic E-state index is 1.00. The summed E-state index contributed by atoms with van der Waals surface area (Å²) in [5.41, 5.74) is 13.4. The molecule has 284 valence electrons. The van der Waals surface area contributed by atoms with E-state index in [1.54, 1.807) is 0 Å². The maximum absolute atomic E-state index is 2.54. The molecule has 0 radical (unpaired) electrons. The van der Waals surface area contributed by atoms with Crippen LogP contribution in [0, 0.1) is 0 Å². The molecular formula is C62H36. The SMILES string of the molecule is C1=Cc2ccc3c(-c4ccc5cc6c7c(-c8ccccc8)c8c(cc9c%10ccccc%10c%10cccc8c%109)c(-c8ccccc8)c7c7cccc(c5c4)c76)ccc4c3c2C(=CC4)C1. The quantitative estimate of drug-likeness (QED) is 0.157. The van der Waals surface area contributed by atoms with Gasteiger partial charge in [-0.1, -0.05) is 176 Å². The van der Waals surface area contributed by atoms with Gasteiger partial charge in [-0.2, -0.15) is 0 Å². The molecule has 13 aromatic rings. The Bertz CT molecular complexity index is 4160. The van der Waals surface area contributed by atoms with Crippen LogP contribution >= 0.6 is 0 Å². The molecule has 2 aliphatic carbocycles. The van der Waals surface area contributed by atoms with Crippen molar-refractivity contribution < 1.29 is 0 Å². The Hall–Kier alpha value is -7.80. The highest BCUT2D eigenvalue weighted by atomic mass is 14.3. The van der Waals surface area contributed by atoms with E-state index in [0.29, 0.717) is 0 Å². The third kappa shape index (κ3) is 4.17. The summed E-state index contributed by atoms with van der Waals surface area (Å²) in [6, 6.07) is 67.2. The second kappa shape index (κ2) is 11.9. The summed E-state index contributed by atoms with van der Waals surface area (Å²) in [5.74, 6) is 0. The van der Waals surface area contributed by atoms with E-state index in [9.17, 15) is 0 Å². The van der Waals surface area contributed by atoms with E-state index in [2.05, 4.69) is 194 Å². The van der Waals surface area contributed by atoms with E-state index in [4.69, 9.17) is 0 Å². The third-order valence-corrected chi connectivity index (χ3v) is 14.7. The first-order valence-electron chi connectivity index (χ1n) is 22.0. The summed E-state index contributed by atoms with van der Waals surface area (Å²) in [6.45, 7) is 0. The molecule has 62 heavy (non-hydrogen) atoms. The third-order valence-electron chi connectivity index (χ3n) is 14.7. The normalized spacial score (nSPS) is 13.7. The highest BCUT2D eigenvalue weighted by Gasteiger charge is 2.27. The number of fused-ring (bicyclic) bond motifs is 10. The molecule has 0 bridgehead atoms. The largest absolute Gasteiger partial charge is 0.0795 e. The summed E-state index contributed by atoms with van der Waals surface area (Å²) >= 11 is 0. The zero-order valence-electron chi connectivity index (χ0n) is 33.9. The Morgan fingerprint density at radius 1 is 0.306 bits per heavy atom. The summed E-state index contributed by atoms with van der Waals surface area (Å²) in [6.07, 6.45) is 9.10. The fraction of sp³-hybridized carbons (Fsp3) is 0.0323. The molecule has 0 heterocycles. The van der Waals surface area contributed by atoms with Crippen LogP contribution in [0.5, 0.6) is 0 Å². The standard InChI is InChI=1S/C62H36/c1-3-12-35(13-4-1)56-53-34-51-44-19-8-7-18-43(44)45-20-10-22-48(58(45)51)60(53)57(36-14-5-2-6-15-36)62-52-33-41-27-26-40(32-50(41)46-21-11-23-49(59(46)52)61(56)62)42-30-28-39-25-24-37-16-9-17-38-29-31-47(42)55(39)54(37)38/h1-15,17-24,26-34H,16,25H2. The predicted octanol–water partition coefficient (Wildman–Crippen LogP) is 17.3. The topological polar surface area (TPSA) is 0 Å². The molecule has 2 aliphatic rings. The molecule has 0 amide bonds.